The molecule has 0 spiro atoms. The van der Waals surface area contributed by atoms with Crippen molar-refractivity contribution in [1.29, 1.82) is 0 Å². The van der Waals surface area contributed by atoms with Gasteiger partial charge >= 0.3 is 5.97 Å². The molecule has 2 aliphatic rings. The van der Waals surface area contributed by atoms with Gasteiger partial charge in [0.05, 0.1) is 12.5 Å². The lowest BCUT2D eigenvalue weighted by atomic mass is 9.73. The molecule has 0 aromatic heterocycles. The van der Waals surface area contributed by atoms with Crippen LogP contribution in [0.25, 0.3) is 0 Å². The molecule has 0 aliphatic heterocycles. The van der Waals surface area contributed by atoms with Crippen LogP contribution in [0.5, 0.6) is 0 Å². The smallest absolute Gasteiger partial charge is 0.311 e. The molecule has 0 unspecified atom stereocenters. The standard InChI is InChI=1S/C18H24FNO2/c1-3-22-17(21)16-13-6-7-14(10-13)18(16,2)20-11-12-4-8-15(19)9-5-12/h4-5,8-9,13-14,16,20H,3,6-7,10-11H2,1-2H3/t13-,14+,16-,18-/m0/s1. The van der Waals surface area contributed by atoms with Crippen molar-refractivity contribution < 1.29 is 13.9 Å². The van der Waals surface area contributed by atoms with E-state index in [1.165, 1.54) is 18.6 Å². The van der Waals surface area contributed by atoms with E-state index in [4.69, 9.17) is 4.74 Å². The third-order valence-electron chi connectivity index (χ3n) is 5.57. The van der Waals surface area contributed by atoms with Crippen LogP contribution in [0.1, 0.15) is 38.7 Å². The summed E-state index contributed by atoms with van der Waals surface area (Å²) in [6.07, 6.45) is 3.41. The molecule has 3 nitrogen and oxygen atoms in total. The molecule has 2 aliphatic carbocycles. The van der Waals surface area contributed by atoms with E-state index in [2.05, 4.69) is 12.2 Å². The highest BCUT2D eigenvalue weighted by molar-refractivity contribution is 5.75. The lowest BCUT2D eigenvalue weighted by Crippen LogP contribution is -2.55. The second kappa shape index (κ2) is 5.99. The van der Waals surface area contributed by atoms with Gasteiger partial charge in [-0.1, -0.05) is 12.1 Å². The maximum absolute atomic E-state index is 13.0. The van der Waals surface area contributed by atoms with Crippen molar-refractivity contribution in [2.45, 2.75) is 45.2 Å². The zero-order chi connectivity index (χ0) is 15.7. The van der Waals surface area contributed by atoms with Gasteiger partial charge in [0.1, 0.15) is 5.82 Å². The molecule has 4 heteroatoms. The summed E-state index contributed by atoms with van der Waals surface area (Å²) >= 11 is 0. The van der Waals surface area contributed by atoms with Crippen LogP contribution in [0, 0.1) is 23.6 Å². The van der Waals surface area contributed by atoms with Crippen molar-refractivity contribution in [3.63, 3.8) is 0 Å². The zero-order valence-electron chi connectivity index (χ0n) is 13.3. The molecule has 0 saturated heterocycles. The number of hydrogen-bond acceptors (Lipinski definition) is 3. The first-order chi connectivity index (χ1) is 10.5. The van der Waals surface area contributed by atoms with Crippen molar-refractivity contribution in [2.24, 2.45) is 17.8 Å². The third kappa shape index (κ3) is 2.65. The van der Waals surface area contributed by atoms with Crippen LogP contribution in [-0.2, 0) is 16.1 Å². The van der Waals surface area contributed by atoms with Gasteiger partial charge in [0.2, 0.25) is 0 Å². The fraction of sp³-hybridized carbons (Fsp3) is 0.611. The Kier molecular flexibility index (Phi) is 4.22. The highest BCUT2D eigenvalue weighted by Crippen LogP contribution is 2.54. The van der Waals surface area contributed by atoms with E-state index < -0.39 is 0 Å². The van der Waals surface area contributed by atoms with Crippen molar-refractivity contribution in [2.75, 3.05) is 6.61 Å². The van der Waals surface area contributed by atoms with Gasteiger partial charge in [-0.2, -0.15) is 0 Å². The van der Waals surface area contributed by atoms with Crippen molar-refractivity contribution in [1.82, 2.24) is 5.32 Å². The number of carbonyl (C=O) groups is 1. The van der Waals surface area contributed by atoms with Gasteiger partial charge < -0.3 is 10.1 Å². The van der Waals surface area contributed by atoms with E-state index >= 15 is 0 Å². The normalized spacial score (nSPS) is 33.1. The predicted molar refractivity (Wildman–Crippen MR) is 82.6 cm³/mol. The summed E-state index contributed by atoms with van der Waals surface area (Å²) in [5, 5.41) is 3.59. The lowest BCUT2D eigenvalue weighted by molar-refractivity contribution is -0.153. The molecule has 4 atom stereocenters. The van der Waals surface area contributed by atoms with E-state index in [0.717, 1.165) is 18.4 Å². The maximum Gasteiger partial charge on any atom is 0.311 e. The van der Waals surface area contributed by atoms with Crippen molar-refractivity contribution in [3.8, 4) is 0 Å². The number of halogens is 1. The second-order valence-corrected chi connectivity index (χ2v) is 6.76. The summed E-state index contributed by atoms with van der Waals surface area (Å²) in [6, 6.07) is 6.53. The van der Waals surface area contributed by atoms with Gasteiger partial charge in [-0.3, -0.25) is 4.79 Å². The molecule has 0 radical (unpaired) electrons. The van der Waals surface area contributed by atoms with Gasteiger partial charge in [0.15, 0.2) is 0 Å². The fourth-order valence-corrected chi connectivity index (χ4v) is 4.43. The minimum Gasteiger partial charge on any atom is -0.466 e. The van der Waals surface area contributed by atoms with Gasteiger partial charge in [0.25, 0.3) is 0 Å². The van der Waals surface area contributed by atoms with Crippen molar-refractivity contribution >= 4 is 5.97 Å². The molecular formula is C18H24FNO2. The number of nitrogens with one attached hydrogen (secondary N) is 1. The van der Waals surface area contributed by atoms with Gasteiger partial charge in [-0.15, -0.1) is 0 Å². The van der Waals surface area contributed by atoms with Crippen LogP contribution in [0.4, 0.5) is 4.39 Å². The Morgan fingerprint density at radius 2 is 2.09 bits per heavy atom. The SMILES string of the molecule is CCOC(=O)[C@@H]1[C@H]2CC[C@H](C2)[C@]1(C)NCc1ccc(F)cc1. The molecule has 1 N–H and O–H groups in total. The van der Waals surface area contributed by atoms with Crippen LogP contribution in [-0.4, -0.2) is 18.1 Å². The van der Waals surface area contributed by atoms with E-state index in [0.29, 0.717) is 25.0 Å². The Morgan fingerprint density at radius 1 is 1.36 bits per heavy atom. The highest BCUT2D eigenvalue weighted by atomic mass is 19.1. The molecule has 0 amide bonds. The minimum absolute atomic E-state index is 0.0633. The molecule has 22 heavy (non-hydrogen) atoms. The summed E-state index contributed by atoms with van der Waals surface area (Å²) in [7, 11) is 0. The van der Waals surface area contributed by atoms with Crippen LogP contribution >= 0.6 is 0 Å². The summed E-state index contributed by atoms with van der Waals surface area (Å²) in [5.41, 5.74) is 0.816. The Bertz CT molecular complexity index is 545. The first kappa shape index (κ1) is 15.5. The van der Waals surface area contributed by atoms with Crippen LogP contribution in [0.3, 0.4) is 0 Å². The van der Waals surface area contributed by atoms with E-state index in [1.54, 1.807) is 12.1 Å². The van der Waals surface area contributed by atoms with Crippen molar-refractivity contribution in [3.05, 3.63) is 35.6 Å². The summed E-state index contributed by atoms with van der Waals surface area (Å²) in [5.74, 6) is 0.608. The molecule has 2 saturated carbocycles. The number of rotatable bonds is 5. The minimum atomic E-state index is -0.223. The average Bonchev–Trinajstić information content (AvgIpc) is 3.06. The van der Waals surface area contributed by atoms with Gasteiger partial charge in [-0.05, 0) is 62.6 Å². The van der Waals surface area contributed by atoms with E-state index in [1.807, 2.05) is 6.92 Å². The molecule has 3 rings (SSSR count). The maximum atomic E-state index is 13.0. The van der Waals surface area contributed by atoms with E-state index in [-0.39, 0.29) is 23.2 Å². The Balaban J connectivity index is 1.74. The number of carbonyl (C=O) groups excluding carboxylic acids is 1. The first-order valence-corrected chi connectivity index (χ1v) is 8.20. The molecule has 0 heterocycles. The quantitative estimate of drug-likeness (QED) is 0.848. The lowest BCUT2D eigenvalue weighted by Gasteiger charge is -2.40. The number of ether oxygens (including phenoxy) is 1. The molecule has 1 aromatic rings. The third-order valence-corrected chi connectivity index (χ3v) is 5.57. The zero-order valence-corrected chi connectivity index (χ0v) is 13.3. The topological polar surface area (TPSA) is 38.3 Å². The van der Waals surface area contributed by atoms with Gasteiger partial charge in [-0.25, -0.2) is 4.39 Å². The number of esters is 1. The van der Waals surface area contributed by atoms with Crippen LogP contribution in [0.2, 0.25) is 0 Å². The first-order valence-electron chi connectivity index (χ1n) is 8.20. The second-order valence-electron chi connectivity index (χ2n) is 6.76. The van der Waals surface area contributed by atoms with E-state index in [9.17, 15) is 9.18 Å². The van der Waals surface area contributed by atoms with Crippen LogP contribution < -0.4 is 5.32 Å². The summed E-state index contributed by atoms with van der Waals surface area (Å²) in [6.45, 7) is 5.09. The number of hydrogen-bond donors (Lipinski definition) is 1. The summed E-state index contributed by atoms with van der Waals surface area (Å²) in [4.78, 5) is 12.4. The number of fused-ring (bicyclic) bond motifs is 2. The number of benzene rings is 1. The Labute approximate surface area is 131 Å². The summed E-state index contributed by atoms with van der Waals surface area (Å²) < 4.78 is 18.3. The molecule has 2 fully saturated rings. The predicted octanol–water partition coefficient (Wildman–Crippen LogP) is 3.28. The Hall–Kier alpha value is -1.42. The average molecular weight is 305 g/mol. The Morgan fingerprint density at radius 3 is 2.77 bits per heavy atom. The highest BCUT2D eigenvalue weighted by Gasteiger charge is 2.58. The molecule has 2 bridgehead atoms. The molecule has 120 valence electrons. The molecular weight excluding hydrogens is 281 g/mol. The van der Waals surface area contributed by atoms with Crippen LogP contribution in [0.15, 0.2) is 24.3 Å². The van der Waals surface area contributed by atoms with Gasteiger partial charge in [0, 0.05) is 12.1 Å². The molecule has 1 aromatic carbocycles. The monoisotopic (exact) mass is 305 g/mol. The largest absolute Gasteiger partial charge is 0.466 e. The fourth-order valence-electron chi connectivity index (χ4n) is 4.43.